The van der Waals surface area contributed by atoms with Crippen molar-refractivity contribution in [3.8, 4) is 16.9 Å². The van der Waals surface area contributed by atoms with E-state index in [1.54, 1.807) is 35.6 Å². The van der Waals surface area contributed by atoms with Crippen molar-refractivity contribution in [2.45, 2.75) is 0 Å². The molecule has 0 aromatic heterocycles. The first-order valence-electron chi connectivity index (χ1n) is 8.77. The molecule has 6 N–H and O–H groups in total. The second-order valence-corrected chi connectivity index (χ2v) is 6.06. The van der Waals surface area contributed by atoms with Gasteiger partial charge < -0.3 is 26.9 Å². The number of primary amides is 1. The second-order valence-electron chi connectivity index (χ2n) is 6.06. The van der Waals surface area contributed by atoms with Crippen molar-refractivity contribution >= 4 is 17.4 Å². The van der Waals surface area contributed by atoms with Gasteiger partial charge in [-0.25, -0.2) is 4.39 Å². The maximum atomic E-state index is 14.2. The third-order valence-electron chi connectivity index (χ3n) is 4.11. The summed E-state index contributed by atoms with van der Waals surface area (Å²) in [5.41, 5.74) is 11.1. The molecule has 0 atom stereocenters. The zero-order chi connectivity index (χ0) is 20.6. The molecule has 0 fully saturated rings. The van der Waals surface area contributed by atoms with Crippen LogP contribution in [0.4, 0.5) is 10.1 Å². The van der Waals surface area contributed by atoms with Gasteiger partial charge in [0.2, 0.25) is 5.84 Å². The minimum atomic E-state index is -0.579. The molecule has 3 aromatic rings. The molecule has 0 saturated carbocycles. The molecule has 0 unspecified atom stereocenters. The first-order chi connectivity index (χ1) is 14.1. The molecular weight excluding hydrogens is 373 g/mol. The van der Waals surface area contributed by atoms with E-state index in [1.165, 1.54) is 6.07 Å². The fraction of sp³-hybridized carbons (Fsp3) is 0.0476. The van der Waals surface area contributed by atoms with Gasteiger partial charge in [0, 0.05) is 17.2 Å². The Balaban J connectivity index is 2.05. The average molecular weight is 393 g/mol. The molecule has 0 bridgehead atoms. The summed E-state index contributed by atoms with van der Waals surface area (Å²) in [5, 5.41) is 5.57. The van der Waals surface area contributed by atoms with E-state index in [0.29, 0.717) is 22.8 Å². The van der Waals surface area contributed by atoms with Crippen molar-refractivity contribution < 1.29 is 19.2 Å². The molecule has 0 heterocycles. The van der Waals surface area contributed by atoms with Gasteiger partial charge in [-0.3, -0.25) is 10.1 Å². The summed E-state index contributed by atoms with van der Waals surface area (Å²) >= 11 is 0. The summed E-state index contributed by atoms with van der Waals surface area (Å²) in [7, 11) is 0. The molecule has 3 aromatic carbocycles. The smallest absolute Gasteiger partial charge is 0.255 e. The van der Waals surface area contributed by atoms with E-state index < -0.39 is 5.91 Å². The number of nitrogens with zero attached hydrogens (tertiary/aromatic N) is 2. The van der Waals surface area contributed by atoms with Gasteiger partial charge in [0.25, 0.3) is 5.91 Å². The number of nitrogens with two attached hydrogens (primary N) is 3. The lowest BCUT2D eigenvalue weighted by atomic mass is 9.98. The standard InChI is InChI=1S/C21H19FN5O2/c22-17-10-4-5-11-18(17)25-21(26-27-24)16-9-2-1-7-14(16)15-8-3-6-12-19(15)29-13-20(23)28/h1-12H,13,24H2,(H2,23,28)(H,25,26)/q-1/p+1. The number of halogens is 1. The van der Waals surface area contributed by atoms with Crippen molar-refractivity contribution in [1.29, 1.82) is 0 Å². The van der Waals surface area contributed by atoms with Gasteiger partial charge in [-0.05, 0) is 18.2 Å². The minimum Gasteiger partial charge on any atom is -0.538 e. The number of quaternary nitrogens is 1. The molecule has 0 aliphatic rings. The molecular formula is C21H20FN5O2. The highest BCUT2D eigenvalue weighted by Crippen LogP contribution is 2.32. The summed E-state index contributed by atoms with van der Waals surface area (Å²) in [5.74, 6) is 5.19. The van der Waals surface area contributed by atoms with Crippen molar-refractivity contribution in [3.63, 3.8) is 0 Å². The summed E-state index contributed by atoms with van der Waals surface area (Å²) in [6.45, 7) is -0.250. The Kier molecular flexibility index (Phi) is 6.51. The Morgan fingerprint density at radius 1 is 1.00 bits per heavy atom. The summed E-state index contributed by atoms with van der Waals surface area (Å²) in [4.78, 5) is 11.1. The van der Waals surface area contributed by atoms with Crippen LogP contribution < -0.4 is 21.6 Å². The topological polar surface area (TPSA) is 121 Å². The molecule has 3 rings (SSSR count). The van der Waals surface area contributed by atoms with E-state index in [2.05, 4.69) is 10.6 Å². The maximum Gasteiger partial charge on any atom is 0.255 e. The van der Waals surface area contributed by atoms with E-state index in [1.807, 2.05) is 36.4 Å². The largest absolute Gasteiger partial charge is 0.538 e. The molecule has 29 heavy (non-hydrogen) atoms. The molecule has 0 aliphatic heterocycles. The van der Waals surface area contributed by atoms with Crippen molar-refractivity contribution in [2.75, 3.05) is 6.61 Å². The number of carbonyl (C=O) groups excluding carboxylic acids is 1. The fourth-order valence-corrected chi connectivity index (χ4v) is 2.87. The van der Waals surface area contributed by atoms with Crippen LogP contribution in [0.3, 0.4) is 0 Å². The van der Waals surface area contributed by atoms with Crippen LogP contribution in [-0.2, 0) is 4.79 Å². The molecule has 0 spiro atoms. The van der Waals surface area contributed by atoms with E-state index in [-0.39, 0.29) is 12.4 Å². The maximum absolute atomic E-state index is 14.2. The molecule has 7 nitrogen and oxygen atoms in total. The number of para-hydroxylation sites is 2. The zero-order valence-electron chi connectivity index (χ0n) is 15.5. The number of rotatable bonds is 7. The summed E-state index contributed by atoms with van der Waals surface area (Å²) < 4.78 is 19.7. The van der Waals surface area contributed by atoms with Crippen LogP contribution >= 0.6 is 0 Å². The van der Waals surface area contributed by atoms with Crippen molar-refractivity contribution in [2.24, 2.45) is 16.7 Å². The van der Waals surface area contributed by atoms with Crippen LogP contribution in [0.15, 0.2) is 77.9 Å². The average Bonchev–Trinajstić information content (AvgIpc) is 2.73. The number of ether oxygens (including phenoxy) is 1. The first-order valence-corrected chi connectivity index (χ1v) is 8.77. The third kappa shape index (κ3) is 4.95. The molecule has 0 aliphatic carbocycles. The van der Waals surface area contributed by atoms with Crippen LogP contribution in [0.5, 0.6) is 5.75 Å². The first kappa shape index (κ1) is 20.0. The van der Waals surface area contributed by atoms with E-state index in [4.69, 9.17) is 16.3 Å². The predicted octanol–water partition coefficient (Wildman–Crippen LogP) is 2.16. The third-order valence-corrected chi connectivity index (χ3v) is 4.11. The molecule has 0 saturated heterocycles. The van der Waals surface area contributed by atoms with Crippen LogP contribution in [0.25, 0.3) is 16.7 Å². The Labute approximate surface area is 167 Å². The van der Waals surface area contributed by atoms with Gasteiger partial charge in [-0.1, -0.05) is 48.5 Å². The van der Waals surface area contributed by atoms with E-state index in [0.717, 1.165) is 11.1 Å². The molecule has 8 heteroatoms. The van der Waals surface area contributed by atoms with E-state index in [9.17, 15) is 9.18 Å². The molecule has 1 amide bonds. The van der Waals surface area contributed by atoms with Crippen LogP contribution in [0.2, 0.25) is 0 Å². The quantitative estimate of drug-likeness (QED) is 0.187. The van der Waals surface area contributed by atoms with Crippen molar-refractivity contribution in [1.82, 2.24) is 0 Å². The van der Waals surface area contributed by atoms with Crippen LogP contribution in [-0.4, -0.2) is 18.3 Å². The number of carbonyl (C=O) groups is 1. The highest BCUT2D eigenvalue weighted by molar-refractivity contribution is 6.00. The second kappa shape index (κ2) is 9.45. The Hall–Kier alpha value is -3.75. The monoisotopic (exact) mass is 393 g/mol. The van der Waals surface area contributed by atoms with E-state index >= 15 is 0 Å². The van der Waals surface area contributed by atoms with Crippen LogP contribution in [0, 0.1) is 5.82 Å². The normalized spacial score (nSPS) is 11.2. The lowest BCUT2D eigenvalue weighted by Crippen LogP contribution is -2.83. The predicted molar refractivity (Wildman–Crippen MR) is 109 cm³/mol. The summed E-state index contributed by atoms with van der Waals surface area (Å²) in [6.07, 6.45) is 0. The van der Waals surface area contributed by atoms with Gasteiger partial charge in [-0.15, -0.1) is 0 Å². The SMILES string of the molecule is N[N-]/N=C(\[NH2+]c1ccccc1F)c1ccccc1-c1ccccc1OCC(N)=O. The zero-order valence-corrected chi connectivity index (χ0v) is 15.5. The summed E-state index contributed by atoms with van der Waals surface area (Å²) in [6, 6.07) is 20.9. The number of amides is 1. The number of hydrogen-bond acceptors (Lipinski definition) is 4. The van der Waals surface area contributed by atoms with Gasteiger partial charge in [0.1, 0.15) is 5.75 Å². The Morgan fingerprint density at radius 3 is 2.38 bits per heavy atom. The number of benzene rings is 3. The van der Waals surface area contributed by atoms with Gasteiger partial charge >= 0.3 is 0 Å². The number of amidine groups is 1. The molecule has 0 radical (unpaired) electrons. The van der Waals surface area contributed by atoms with Crippen LogP contribution in [0.1, 0.15) is 5.56 Å². The lowest BCUT2D eigenvalue weighted by Gasteiger charge is -2.16. The number of hydrogen-bond donors (Lipinski definition) is 3. The highest BCUT2D eigenvalue weighted by atomic mass is 19.1. The Bertz CT molecular complexity index is 1040. The van der Waals surface area contributed by atoms with Gasteiger partial charge in [-0.2, -0.15) is 0 Å². The lowest BCUT2D eigenvalue weighted by molar-refractivity contribution is -0.445. The minimum absolute atomic E-state index is 0.250. The molecule has 148 valence electrons. The van der Waals surface area contributed by atoms with Gasteiger partial charge in [0.05, 0.1) is 5.56 Å². The van der Waals surface area contributed by atoms with Crippen molar-refractivity contribution in [3.05, 3.63) is 89.7 Å². The fourth-order valence-electron chi connectivity index (χ4n) is 2.87. The van der Waals surface area contributed by atoms with Gasteiger partial charge in [0.15, 0.2) is 18.1 Å². The Morgan fingerprint density at radius 2 is 1.66 bits per heavy atom. The highest BCUT2D eigenvalue weighted by Gasteiger charge is 2.18.